The number of aromatic nitrogens is 2. The van der Waals surface area contributed by atoms with E-state index in [1.165, 1.54) is 6.42 Å². The number of ether oxygens (including phenoxy) is 1. The molecule has 1 atom stereocenters. The molecule has 1 aromatic carbocycles. The third kappa shape index (κ3) is 5.69. The smallest absolute Gasteiger partial charge is 0.234 e. The van der Waals surface area contributed by atoms with E-state index < -0.39 is 0 Å². The van der Waals surface area contributed by atoms with Crippen molar-refractivity contribution in [3.63, 3.8) is 0 Å². The number of rotatable bonds is 6. The molecule has 0 bridgehead atoms. The van der Waals surface area contributed by atoms with Crippen LogP contribution >= 0.6 is 23.8 Å². The Morgan fingerprint density at radius 3 is 2.81 bits per heavy atom. The number of benzene rings is 1. The lowest BCUT2D eigenvalue weighted by atomic mass is 10.0. The largest absolute Gasteiger partial charge is 0.481 e. The number of thiocarbonyl (C=S) groups is 1. The summed E-state index contributed by atoms with van der Waals surface area (Å²) in [6.45, 7) is 4.63. The van der Waals surface area contributed by atoms with E-state index in [1.54, 1.807) is 7.11 Å². The number of halogens is 1. The highest BCUT2D eigenvalue weighted by Crippen LogP contribution is 2.26. The normalized spacial score (nSPS) is 16.0. The molecule has 1 saturated heterocycles. The number of anilines is 2. The van der Waals surface area contributed by atoms with Gasteiger partial charge in [0.1, 0.15) is 17.3 Å². The topological polar surface area (TPSA) is 75.5 Å². The molecule has 0 radical (unpaired) electrons. The molecule has 9 heteroatoms. The van der Waals surface area contributed by atoms with Crippen LogP contribution in [0.4, 0.5) is 11.8 Å². The van der Waals surface area contributed by atoms with Gasteiger partial charge < -0.3 is 24.7 Å². The first-order chi connectivity index (χ1) is 15.5. The Hall–Kier alpha value is -2.84. The molecule has 168 valence electrons. The summed E-state index contributed by atoms with van der Waals surface area (Å²) in [7, 11) is 1.60. The zero-order valence-corrected chi connectivity index (χ0v) is 19.7. The second-order valence-corrected chi connectivity index (χ2v) is 8.71. The Balaban J connectivity index is 1.37. The van der Waals surface area contributed by atoms with Crippen molar-refractivity contribution >= 4 is 40.7 Å². The highest BCUT2D eigenvalue weighted by molar-refractivity contribution is 7.80. The molecule has 2 aromatic heterocycles. The minimum Gasteiger partial charge on any atom is -0.481 e. The van der Waals surface area contributed by atoms with E-state index in [0.717, 1.165) is 42.4 Å². The fourth-order valence-electron chi connectivity index (χ4n) is 3.69. The van der Waals surface area contributed by atoms with Crippen molar-refractivity contribution in [2.24, 2.45) is 5.92 Å². The molecule has 32 heavy (non-hydrogen) atoms. The van der Waals surface area contributed by atoms with Gasteiger partial charge in [0.05, 0.1) is 13.7 Å². The Kier molecular flexibility index (Phi) is 7.12. The summed E-state index contributed by atoms with van der Waals surface area (Å²) >= 11 is 11.4. The quantitative estimate of drug-likeness (QED) is 0.480. The van der Waals surface area contributed by atoms with Crippen molar-refractivity contribution in [3.8, 4) is 17.2 Å². The average Bonchev–Trinajstić information content (AvgIpc) is 3.27. The highest BCUT2D eigenvalue weighted by atomic mass is 35.5. The molecule has 7 nitrogen and oxygen atoms in total. The van der Waals surface area contributed by atoms with Crippen LogP contribution in [0.1, 0.15) is 25.5 Å². The van der Waals surface area contributed by atoms with Crippen molar-refractivity contribution in [1.29, 1.82) is 0 Å². The van der Waals surface area contributed by atoms with E-state index in [-0.39, 0.29) is 0 Å². The summed E-state index contributed by atoms with van der Waals surface area (Å²) in [4.78, 5) is 11.3. The van der Waals surface area contributed by atoms with Gasteiger partial charge in [0.15, 0.2) is 5.11 Å². The predicted octanol–water partition coefficient (Wildman–Crippen LogP) is 5.12. The van der Waals surface area contributed by atoms with Gasteiger partial charge in [-0.05, 0) is 67.4 Å². The standard InChI is InChI=1S/C23H26ClN5O2S/c1-15-4-3-11-29(14-15)20-12-21(30-2)27-22(26-20)28-23(32)25-13-18-9-10-19(31-18)16-5-7-17(24)8-6-16/h5-10,12,15H,3-4,11,13-14H2,1-2H3,(H2,25,26,27,28,32)/t15-/m1/s1. The van der Waals surface area contributed by atoms with E-state index in [1.807, 2.05) is 42.5 Å². The first-order valence-electron chi connectivity index (χ1n) is 10.6. The first kappa shape index (κ1) is 22.4. The molecule has 1 fully saturated rings. The van der Waals surface area contributed by atoms with Crippen molar-refractivity contribution in [2.45, 2.75) is 26.3 Å². The van der Waals surface area contributed by atoms with E-state index in [9.17, 15) is 0 Å². The zero-order valence-electron chi connectivity index (χ0n) is 18.1. The van der Waals surface area contributed by atoms with Crippen LogP contribution in [0.2, 0.25) is 5.02 Å². The maximum absolute atomic E-state index is 5.95. The molecule has 0 unspecified atom stereocenters. The third-order valence-electron chi connectivity index (χ3n) is 5.32. The van der Waals surface area contributed by atoms with Crippen LogP contribution in [-0.2, 0) is 6.54 Å². The number of methoxy groups -OCH3 is 1. The number of nitrogens with zero attached hydrogens (tertiary/aromatic N) is 3. The van der Waals surface area contributed by atoms with E-state index in [2.05, 4.69) is 32.4 Å². The van der Waals surface area contributed by atoms with E-state index >= 15 is 0 Å². The lowest BCUT2D eigenvalue weighted by Crippen LogP contribution is -2.35. The fourth-order valence-corrected chi connectivity index (χ4v) is 3.98. The molecule has 3 aromatic rings. The van der Waals surface area contributed by atoms with Crippen molar-refractivity contribution in [3.05, 3.63) is 53.2 Å². The molecule has 0 saturated carbocycles. The molecule has 0 amide bonds. The first-order valence-corrected chi connectivity index (χ1v) is 11.4. The van der Waals surface area contributed by atoms with Gasteiger partial charge >= 0.3 is 0 Å². The molecule has 3 heterocycles. The number of furan rings is 1. The monoisotopic (exact) mass is 471 g/mol. The van der Waals surface area contributed by atoms with Crippen LogP contribution < -0.4 is 20.3 Å². The summed E-state index contributed by atoms with van der Waals surface area (Å²) in [6, 6.07) is 13.2. The maximum Gasteiger partial charge on any atom is 0.234 e. The van der Waals surface area contributed by atoms with Gasteiger partial charge in [-0.3, -0.25) is 0 Å². The average molecular weight is 472 g/mol. The number of hydrogen-bond acceptors (Lipinski definition) is 6. The van der Waals surface area contributed by atoms with Gasteiger partial charge in [-0.2, -0.15) is 9.97 Å². The summed E-state index contributed by atoms with van der Waals surface area (Å²) in [6.07, 6.45) is 2.39. The summed E-state index contributed by atoms with van der Waals surface area (Å²) in [5.41, 5.74) is 0.964. The third-order valence-corrected chi connectivity index (χ3v) is 5.82. The second-order valence-electron chi connectivity index (χ2n) is 7.87. The minimum absolute atomic E-state index is 0.399. The van der Waals surface area contributed by atoms with Gasteiger partial charge in [-0.1, -0.05) is 18.5 Å². The van der Waals surface area contributed by atoms with E-state index in [4.69, 9.17) is 33.0 Å². The Bertz CT molecular complexity index is 1070. The summed E-state index contributed by atoms with van der Waals surface area (Å²) in [5.74, 6) is 3.90. The van der Waals surface area contributed by atoms with Gasteiger partial charge in [-0.15, -0.1) is 0 Å². The summed E-state index contributed by atoms with van der Waals surface area (Å²) in [5, 5.41) is 7.29. The SMILES string of the molecule is COc1cc(N2CCC[C@@H](C)C2)nc(NC(=S)NCc2ccc(-c3ccc(Cl)cc3)o2)n1. The number of hydrogen-bond donors (Lipinski definition) is 2. The second kappa shape index (κ2) is 10.2. The number of piperidine rings is 1. The van der Waals surface area contributed by atoms with Crippen LogP contribution in [-0.4, -0.2) is 35.3 Å². The minimum atomic E-state index is 0.399. The van der Waals surface area contributed by atoms with Gasteiger partial charge in [-0.25, -0.2) is 0 Å². The molecule has 0 aliphatic carbocycles. The van der Waals surface area contributed by atoms with Crippen LogP contribution in [0.25, 0.3) is 11.3 Å². The lowest BCUT2D eigenvalue weighted by Gasteiger charge is -2.32. The lowest BCUT2D eigenvalue weighted by molar-refractivity contribution is 0.396. The highest BCUT2D eigenvalue weighted by Gasteiger charge is 2.19. The molecular weight excluding hydrogens is 446 g/mol. The van der Waals surface area contributed by atoms with Gasteiger partial charge in [0.2, 0.25) is 11.8 Å². The predicted molar refractivity (Wildman–Crippen MR) is 131 cm³/mol. The summed E-state index contributed by atoms with van der Waals surface area (Å²) < 4.78 is 11.3. The Morgan fingerprint density at radius 2 is 2.06 bits per heavy atom. The maximum atomic E-state index is 5.95. The van der Waals surface area contributed by atoms with Gasteiger partial charge in [0, 0.05) is 29.7 Å². The molecule has 1 aliphatic heterocycles. The van der Waals surface area contributed by atoms with Crippen molar-refractivity contribution in [2.75, 3.05) is 30.4 Å². The molecule has 0 spiro atoms. The van der Waals surface area contributed by atoms with Crippen LogP contribution in [0.3, 0.4) is 0 Å². The molecule has 4 rings (SSSR count). The zero-order chi connectivity index (χ0) is 22.5. The van der Waals surface area contributed by atoms with E-state index in [0.29, 0.717) is 34.4 Å². The molecule has 2 N–H and O–H groups in total. The fraction of sp³-hybridized carbons (Fsp3) is 0.348. The number of nitrogens with one attached hydrogen (secondary N) is 2. The van der Waals surface area contributed by atoms with Crippen LogP contribution in [0, 0.1) is 5.92 Å². The van der Waals surface area contributed by atoms with Crippen LogP contribution in [0.15, 0.2) is 46.9 Å². The van der Waals surface area contributed by atoms with Crippen LogP contribution in [0.5, 0.6) is 5.88 Å². The Morgan fingerprint density at radius 1 is 1.25 bits per heavy atom. The van der Waals surface area contributed by atoms with Crippen molar-refractivity contribution < 1.29 is 9.15 Å². The van der Waals surface area contributed by atoms with Gasteiger partial charge in [0.25, 0.3) is 0 Å². The molecular formula is C23H26ClN5O2S. The molecule has 1 aliphatic rings. The van der Waals surface area contributed by atoms with Crippen molar-refractivity contribution in [1.82, 2.24) is 15.3 Å². The Labute approximate surface area is 198 Å².